The van der Waals surface area contributed by atoms with Crippen LogP contribution in [0.1, 0.15) is 31.9 Å². The van der Waals surface area contributed by atoms with Crippen LogP contribution in [0.3, 0.4) is 0 Å². The first-order valence-corrected chi connectivity index (χ1v) is 6.37. The van der Waals surface area contributed by atoms with E-state index in [1.807, 2.05) is 38.1 Å². The van der Waals surface area contributed by atoms with E-state index in [0.717, 1.165) is 17.7 Å². The summed E-state index contributed by atoms with van der Waals surface area (Å²) in [4.78, 5) is 12.0. The zero-order valence-corrected chi connectivity index (χ0v) is 12.1. The summed E-state index contributed by atoms with van der Waals surface area (Å²) in [5.74, 6) is 0.689. The number of nitrogens with two attached hydrogens (primary N) is 1. The van der Waals surface area contributed by atoms with Gasteiger partial charge >= 0.3 is 0 Å². The third kappa shape index (κ3) is 3.61. The van der Waals surface area contributed by atoms with Gasteiger partial charge in [-0.15, -0.1) is 12.4 Å². The molecule has 4 nitrogen and oxygen atoms in total. The van der Waals surface area contributed by atoms with Gasteiger partial charge in [-0.05, 0) is 13.0 Å². The maximum absolute atomic E-state index is 12.0. The van der Waals surface area contributed by atoms with Crippen LogP contribution >= 0.6 is 12.4 Å². The number of amides is 1. The molecule has 0 bridgehead atoms. The van der Waals surface area contributed by atoms with Crippen LogP contribution in [0.25, 0.3) is 0 Å². The molecule has 0 saturated heterocycles. The Morgan fingerprint density at radius 2 is 2.11 bits per heavy atom. The summed E-state index contributed by atoms with van der Waals surface area (Å²) in [6.45, 7) is 4.34. The second-order valence-electron chi connectivity index (χ2n) is 4.88. The first kappa shape index (κ1) is 15.8. The molecule has 2 rings (SSSR count). The lowest BCUT2D eigenvalue weighted by molar-refractivity contribution is -0.125. The highest BCUT2D eigenvalue weighted by atomic mass is 35.5. The van der Waals surface area contributed by atoms with Crippen molar-refractivity contribution in [3.63, 3.8) is 0 Å². The van der Waals surface area contributed by atoms with Gasteiger partial charge in [0.15, 0.2) is 0 Å². The number of hydrogen-bond acceptors (Lipinski definition) is 3. The Morgan fingerprint density at radius 1 is 1.42 bits per heavy atom. The van der Waals surface area contributed by atoms with E-state index in [1.54, 1.807) is 0 Å². The molecular formula is C14H21ClN2O2. The summed E-state index contributed by atoms with van der Waals surface area (Å²) in [6, 6.07) is 7.72. The number of para-hydroxylation sites is 1. The quantitative estimate of drug-likeness (QED) is 0.893. The third-order valence-electron chi connectivity index (χ3n) is 3.48. The van der Waals surface area contributed by atoms with Gasteiger partial charge in [0.1, 0.15) is 5.75 Å². The molecule has 0 aromatic heterocycles. The van der Waals surface area contributed by atoms with Crippen LogP contribution in [0.15, 0.2) is 24.3 Å². The molecule has 1 heterocycles. The maximum Gasteiger partial charge on any atom is 0.224 e. The van der Waals surface area contributed by atoms with E-state index < -0.39 is 0 Å². The van der Waals surface area contributed by atoms with Gasteiger partial charge in [-0.3, -0.25) is 4.79 Å². The summed E-state index contributed by atoms with van der Waals surface area (Å²) in [6.07, 6.45) is 0.800. The number of nitrogens with one attached hydrogen (secondary N) is 1. The van der Waals surface area contributed by atoms with Gasteiger partial charge in [-0.1, -0.05) is 25.1 Å². The minimum atomic E-state index is -0.181. The Balaban J connectivity index is 0.00000180. The van der Waals surface area contributed by atoms with Gasteiger partial charge in [0.25, 0.3) is 0 Å². The Kier molecular flexibility index (Phi) is 5.63. The molecule has 0 aliphatic carbocycles. The van der Waals surface area contributed by atoms with E-state index in [4.69, 9.17) is 10.5 Å². The first-order valence-electron chi connectivity index (χ1n) is 6.37. The maximum atomic E-state index is 12.0. The number of carbonyl (C=O) groups excluding carboxylic acids is 1. The van der Waals surface area contributed by atoms with Crippen molar-refractivity contribution in [2.75, 3.05) is 6.61 Å². The molecule has 1 aliphatic rings. The first-order chi connectivity index (χ1) is 8.59. The molecule has 1 aliphatic heterocycles. The molecule has 1 aromatic carbocycles. The van der Waals surface area contributed by atoms with Crippen molar-refractivity contribution < 1.29 is 9.53 Å². The molecule has 3 atom stereocenters. The van der Waals surface area contributed by atoms with Crippen molar-refractivity contribution in [2.24, 2.45) is 11.7 Å². The second kappa shape index (κ2) is 6.78. The van der Waals surface area contributed by atoms with Crippen molar-refractivity contribution in [3.8, 4) is 5.75 Å². The van der Waals surface area contributed by atoms with Crippen LogP contribution in [0, 0.1) is 5.92 Å². The monoisotopic (exact) mass is 284 g/mol. The van der Waals surface area contributed by atoms with Crippen molar-refractivity contribution in [3.05, 3.63) is 29.8 Å². The van der Waals surface area contributed by atoms with Crippen molar-refractivity contribution in [1.82, 2.24) is 5.32 Å². The van der Waals surface area contributed by atoms with E-state index >= 15 is 0 Å². The second-order valence-corrected chi connectivity index (χ2v) is 4.88. The van der Waals surface area contributed by atoms with Gasteiger partial charge in [0.05, 0.1) is 12.6 Å². The van der Waals surface area contributed by atoms with Crippen LogP contribution in [0.2, 0.25) is 0 Å². The SMILES string of the molecule is CC(N)C(C)C(=O)NC1CCOc2ccccc21.Cl. The van der Waals surface area contributed by atoms with Gasteiger partial charge in [0, 0.05) is 23.9 Å². The summed E-state index contributed by atoms with van der Waals surface area (Å²) in [5, 5.41) is 3.06. The predicted octanol–water partition coefficient (Wildman–Crippen LogP) is 2.03. The molecule has 19 heavy (non-hydrogen) atoms. The zero-order chi connectivity index (χ0) is 13.1. The zero-order valence-electron chi connectivity index (χ0n) is 11.3. The minimum absolute atomic E-state index is 0. The summed E-state index contributed by atoms with van der Waals surface area (Å²) < 4.78 is 5.57. The molecule has 0 spiro atoms. The summed E-state index contributed by atoms with van der Waals surface area (Å²) in [7, 11) is 0. The lowest BCUT2D eigenvalue weighted by Gasteiger charge is -2.28. The standard InChI is InChI=1S/C14H20N2O2.ClH/c1-9(10(2)15)14(17)16-12-7-8-18-13-6-4-3-5-11(12)13;/h3-6,9-10,12H,7-8,15H2,1-2H3,(H,16,17);1H. The lowest BCUT2D eigenvalue weighted by Crippen LogP contribution is -2.41. The van der Waals surface area contributed by atoms with Crippen LogP contribution < -0.4 is 15.8 Å². The lowest BCUT2D eigenvalue weighted by atomic mass is 9.98. The van der Waals surface area contributed by atoms with Crippen molar-refractivity contribution in [2.45, 2.75) is 32.4 Å². The topological polar surface area (TPSA) is 64.4 Å². The van der Waals surface area contributed by atoms with Crippen molar-refractivity contribution >= 4 is 18.3 Å². The highest BCUT2D eigenvalue weighted by molar-refractivity contribution is 5.85. The molecule has 0 fully saturated rings. The summed E-state index contributed by atoms with van der Waals surface area (Å²) >= 11 is 0. The Labute approximate surface area is 120 Å². The third-order valence-corrected chi connectivity index (χ3v) is 3.48. The van der Waals surface area contributed by atoms with Crippen LogP contribution in [0.5, 0.6) is 5.75 Å². The predicted molar refractivity (Wildman–Crippen MR) is 77.5 cm³/mol. The fraction of sp³-hybridized carbons (Fsp3) is 0.500. The molecule has 106 valence electrons. The van der Waals surface area contributed by atoms with E-state index in [9.17, 15) is 4.79 Å². The van der Waals surface area contributed by atoms with Crippen LogP contribution in [-0.2, 0) is 4.79 Å². The number of hydrogen-bond donors (Lipinski definition) is 2. The average molecular weight is 285 g/mol. The molecule has 5 heteroatoms. The fourth-order valence-electron chi connectivity index (χ4n) is 2.03. The molecular weight excluding hydrogens is 264 g/mol. The molecule has 3 unspecified atom stereocenters. The fourth-order valence-corrected chi connectivity index (χ4v) is 2.03. The number of halogens is 1. The minimum Gasteiger partial charge on any atom is -0.493 e. The van der Waals surface area contributed by atoms with E-state index in [2.05, 4.69) is 5.32 Å². The molecule has 1 aromatic rings. The van der Waals surface area contributed by atoms with Crippen LogP contribution in [0.4, 0.5) is 0 Å². The normalized spacial score (nSPS) is 20.3. The smallest absolute Gasteiger partial charge is 0.224 e. The van der Waals surface area contributed by atoms with E-state index in [1.165, 1.54) is 0 Å². The molecule has 0 radical (unpaired) electrons. The van der Waals surface area contributed by atoms with Gasteiger partial charge in [-0.2, -0.15) is 0 Å². The Bertz CT molecular complexity index is 437. The van der Waals surface area contributed by atoms with Gasteiger partial charge in [0.2, 0.25) is 5.91 Å². The van der Waals surface area contributed by atoms with Crippen LogP contribution in [-0.4, -0.2) is 18.6 Å². The van der Waals surface area contributed by atoms with E-state index in [-0.39, 0.29) is 36.3 Å². The van der Waals surface area contributed by atoms with Gasteiger partial charge in [-0.25, -0.2) is 0 Å². The van der Waals surface area contributed by atoms with Crippen molar-refractivity contribution in [1.29, 1.82) is 0 Å². The Hall–Kier alpha value is -1.26. The Morgan fingerprint density at radius 3 is 2.79 bits per heavy atom. The average Bonchev–Trinajstić information content (AvgIpc) is 2.38. The highest BCUT2D eigenvalue weighted by Gasteiger charge is 2.25. The highest BCUT2D eigenvalue weighted by Crippen LogP contribution is 2.31. The number of carbonyl (C=O) groups is 1. The molecule has 0 saturated carbocycles. The number of rotatable bonds is 3. The number of benzene rings is 1. The number of fused-ring (bicyclic) bond motifs is 1. The van der Waals surface area contributed by atoms with E-state index in [0.29, 0.717) is 6.61 Å². The molecule has 3 N–H and O–H groups in total. The summed E-state index contributed by atoms with van der Waals surface area (Å²) in [5.41, 5.74) is 6.80. The molecule has 1 amide bonds. The number of ether oxygens (including phenoxy) is 1. The largest absolute Gasteiger partial charge is 0.493 e. The van der Waals surface area contributed by atoms with Gasteiger partial charge < -0.3 is 15.8 Å².